The van der Waals surface area contributed by atoms with E-state index in [-0.39, 0.29) is 0 Å². The van der Waals surface area contributed by atoms with Crippen LogP contribution in [0.4, 0.5) is 0 Å². The Hall–Kier alpha value is -0.0400. The standard InChI is InChI=1S/C20H41N/c1-7-15(3)20(17(5)21-6)13-12-19(8-2)16(4)14-18-10-9-11-18/h15-21H,7-14H2,1-6H3. The second-order valence-corrected chi connectivity index (χ2v) is 7.88. The summed E-state index contributed by atoms with van der Waals surface area (Å²) in [6.07, 6.45) is 11.5. The summed E-state index contributed by atoms with van der Waals surface area (Å²) in [6, 6.07) is 0.652. The fourth-order valence-corrected chi connectivity index (χ4v) is 4.29. The molecule has 126 valence electrons. The van der Waals surface area contributed by atoms with Crippen molar-refractivity contribution >= 4 is 0 Å². The normalized spacial score (nSPS) is 23.1. The first-order valence-electron chi connectivity index (χ1n) is 9.70. The van der Waals surface area contributed by atoms with Crippen molar-refractivity contribution in [2.24, 2.45) is 29.6 Å². The summed E-state index contributed by atoms with van der Waals surface area (Å²) in [5, 5.41) is 3.50. The minimum atomic E-state index is 0.652. The van der Waals surface area contributed by atoms with E-state index < -0.39 is 0 Å². The Labute approximate surface area is 134 Å². The lowest BCUT2D eigenvalue weighted by molar-refractivity contribution is 0.181. The first kappa shape index (κ1) is 19.0. The number of nitrogens with one attached hydrogen (secondary N) is 1. The van der Waals surface area contributed by atoms with Crippen LogP contribution in [0.25, 0.3) is 0 Å². The molecule has 0 heterocycles. The lowest BCUT2D eigenvalue weighted by Gasteiger charge is -2.34. The van der Waals surface area contributed by atoms with Gasteiger partial charge in [0.15, 0.2) is 0 Å². The third kappa shape index (κ3) is 5.93. The van der Waals surface area contributed by atoms with Gasteiger partial charge >= 0.3 is 0 Å². The highest BCUT2D eigenvalue weighted by atomic mass is 14.9. The fourth-order valence-electron chi connectivity index (χ4n) is 4.29. The minimum absolute atomic E-state index is 0.652. The largest absolute Gasteiger partial charge is 0.317 e. The van der Waals surface area contributed by atoms with Gasteiger partial charge < -0.3 is 5.32 Å². The molecule has 1 N–H and O–H groups in total. The minimum Gasteiger partial charge on any atom is -0.317 e. The lowest BCUT2D eigenvalue weighted by atomic mass is 9.73. The van der Waals surface area contributed by atoms with E-state index >= 15 is 0 Å². The molecule has 21 heavy (non-hydrogen) atoms. The van der Waals surface area contributed by atoms with Gasteiger partial charge in [-0.3, -0.25) is 0 Å². The van der Waals surface area contributed by atoms with E-state index in [4.69, 9.17) is 0 Å². The third-order valence-electron chi connectivity index (χ3n) is 6.60. The van der Waals surface area contributed by atoms with Crippen LogP contribution in [0, 0.1) is 29.6 Å². The molecular weight excluding hydrogens is 254 g/mol. The van der Waals surface area contributed by atoms with Gasteiger partial charge in [-0.2, -0.15) is 0 Å². The summed E-state index contributed by atoms with van der Waals surface area (Å²) in [4.78, 5) is 0. The molecule has 5 unspecified atom stereocenters. The van der Waals surface area contributed by atoms with Crippen LogP contribution in [0.15, 0.2) is 0 Å². The molecule has 0 saturated heterocycles. The van der Waals surface area contributed by atoms with E-state index in [9.17, 15) is 0 Å². The van der Waals surface area contributed by atoms with Crippen molar-refractivity contribution in [2.75, 3.05) is 7.05 Å². The Bertz CT molecular complexity index is 249. The zero-order valence-electron chi connectivity index (χ0n) is 15.6. The zero-order valence-corrected chi connectivity index (χ0v) is 15.6. The third-order valence-corrected chi connectivity index (χ3v) is 6.60. The van der Waals surface area contributed by atoms with Crippen LogP contribution < -0.4 is 5.32 Å². The average molecular weight is 296 g/mol. The van der Waals surface area contributed by atoms with Crippen molar-refractivity contribution in [1.29, 1.82) is 0 Å². The Morgan fingerprint density at radius 3 is 2.05 bits per heavy atom. The van der Waals surface area contributed by atoms with Crippen molar-refractivity contribution in [3.63, 3.8) is 0 Å². The van der Waals surface area contributed by atoms with Gasteiger partial charge in [-0.25, -0.2) is 0 Å². The monoisotopic (exact) mass is 295 g/mol. The van der Waals surface area contributed by atoms with Gasteiger partial charge in [0.1, 0.15) is 0 Å². The molecule has 0 amide bonds. The van der Waals surface area contributed by atoms with Gasteiger partial charge in [-0.05, 0) is 62.8 Å². The molecule has 5 atom stereocenters. The fraction of sp³-hybridized carbons (Fsp3) is 1.00. The molecule has 1 aliphatic carbocycles. The highest BCUT2D eigenvalue weighted by molar-refractivity contribution is 4.79. The van der Waals surface area contributed by atoms with Crippen molar-refractivity contribution in [3.05, 3.63) is 0 Å². The predicted molar refractivity (Wildman–Crippen MR) is 95.6 cm³/mol. The van der Waals surface area contributed by atoms with Crippen LogP contribution >= 0.6 is 0 Å². The smallest absolute Gasteiger partial charge is 0.00665 e. The van der Waals surface area contributed by atoms with Gasteiger partial charge in [-0.15, -0.1) is 0 Å². The summed E-state index contributed by atoms with van der Waals surface area (Å²) >= 11 is 0. The van der Waals surface area contributed by atoms with Gasteiger partial charge in [0.2, 0.25) is 0 Å². The Kier molecular flexibility index (Phi) is 8.94. The van der Waals surface area contributed by atoms with E-state index in [1.807, 2.05) is 0 Å². The Morgan fingerprint density at radius 1 is 0.952 bits per heavy atom. The van der Waals surface area contributed by atoms with Gasteiger partial charge in [0.05, 0.1) is 0 Å². The quantitative estimate of drug-likeness (QED) is 0.501. The molecule has 0 spiro atoms. The summed E-state index contributed by atoms with van der Waals surface area (Å²) in [6.45, 7) is 12.1. The molecular formula is C20H41N. The van der Waals surface area contributed by atoms with Crippen LogP contribution in [-0.2, 0) is 0 Å². The number of rotatable bonds is 11. The second-order valence-electron chi connectivity index (χ2n) is 7.88. The summed E-state index contributed by atoms with van der Waals surface area (Å²) in [5.74, 6) is 4.62. The van der Waals surface area contributed by atoms with Crippen LogP contribution in [0.3, 0.4) is 0 Å². The molecule has 1 heteroatoms. The molecule has 0 aliphatic heterocycles. The van der Waals surface area contributed by atoms with Crippen LogP contribution in [0.2, 0.25) is 0 Å². The molecule has 0 bridgehead atoms. The SMILES string of the molecule is CCC(C)C(CCC(CC)C(C)CC1CCC1)C(C)NC. The van der Waals surface area contributed by atoms with E-state index in [1.165, 1.54) is 51.4 Å². The van der Waals surface area contributed by atoms with Gasteiger partial charge in [-0.1, -0.05) is 59.8 Å². The molecule has 1 nitrogen and oxygen atoms in total. The van der Waals surface area contributed by atoms with Crippen LogP contribution in [0.5, 0.6) is 0 Å². The molecule has 1 fully saturated rings. The maximum atomic E-state index is 3.50. The Balaban J connectivity index is 2.45. The molecule has 0 radical (unpaired) electrons. The van der Waals surface area contributed by atoms with Crippen molar-refractivity contribution in [1.82, 2.24) is 5.32 Å². The topological polar surface area (TPSA) is 12.0 Å². The number of hydrogen-bond donors (Lipinski definition) is 1. The van der Waals surface area contributed by atoms with E-state index in [0.29, 0.717) is 6.04 Å². The Morgan fingerprint density at radius 2 is 1.62 bits per heavy atom. The zero-order chi connectivity index (χ0) is 15.8. The predicted octanol–water partition coefficient (Wildman–Crippen LogP) is 5.89. The van der Waals surface area contributed by atoms with Gasteiger partial charge in [0.25, 0.3) is 0 Å². The summed E-state index contributed by atoms with van der Waals surface area (Å²) in [7, 11) is 2.12. The van der Waals surface area contributed by atoms with Crippen LogP contribution in [0.1, 0.15) is 86.0 Å². The van der Waals surface area contributed by atoms with E-state index in [0.717, 1.165) is 29.6 Å². The molecule has 1 rings (SSSR count). The van der Waals surface area contributed by atoms with Crippen molar-refractivity contribution in [3.8, 4) is 0 Å². The maximum Gasteiger partial charge on any atom is 0.00665 e. The first-order valence-corrected chi connectivity index (χ1v) is 9.70. The van der Waals surface area contributed by atoms with Crippen LogP contribution in [-0.4, -0.2) is 13.1 Å². The lowest BCUT2D eigenvalue weighted by Crippen LogP contribution is -2.35. The number of hydrogen-bond acceptors (Lipinski definition) is 1. The highest BCUT2D eigenvalue weighted by Crippen LogP contribution is 2.37. The highest BCUT2D eigenvalue weighted by Gasteiger charge is 2.26. The van der Waals surface area contributed by atoms with E-state index in [2.05, 4.69) is 47.0 Å². The van der Waals surface area contributed by atoms with Crippen molar-refractivity contribution < 1.29 is 0 Å². The second kappa shape index (κ2) is 9.87. The van der Waals surface area contributed by atoms with Gasteiger partial charge in [0, 0.05) is 6.04 Å². The average Bonchev–Trinajstić information content (AvgIpc) is 2.45. The first-order chi connectivity index (χ1) is 10.0. The molecule has 0 aromatic heterocycles. The van der Waals surface area contributed by atoms with E-state index in [1.54, 1.807) is 0 Å². The molecule has 1 saturated carbocycles. The summed E-state index contributed by atoms with van der Waals surface area (Å²) in [5.41, 5.74) is 0. The molecule has 0 aromatic carbocycles. The summed E-state index contributed by atoms with van der Waals surface area (Å²) < 4.78 is 0. The van der Waals surface area contributed by atoms with Crippen molar-refractivity contribution in [2.45, 2.75) is 92.0 Å². The molecule has 0 aromatic rings. The maximum absolute atomic E-state index is 3.50. The molecule has 1 aliphatic rings.